The summed E-state index contributed by atoms with van der Waals surface area (Å²) in [4.78, 5) is 12.5. The third-order valence-corrected chi connectivity index (χ3v) is 3.97. The number of carbonyl (C=O) groups excluding carboxylic acids is 1. The van der Waals surface area contributed by atoms with Crippen LogP contribution in [0.2, 0.25) is 5.02 Å². The van der Waals surface area contributed by atoms with Crippen LogP contribution < -0.4 is 10.1 Å². The van der Waals surface area contributed by atoms with Gasteiger partial charge < -0.3 is 10.1 Å². The lowest BCUT2D eigenvalue weighted by Gasteiger charge is -2.09. The fraction of sp³-hybridized carbons (Fsp3) is 0.235. The molecular weight excluding hydrogens is 286 g/mol. The van der Waals surface area contributed by atoms with Crippen molar-refractivity contribution in [3.8, 4) is 5.75 Å². The van der Waals surface area contributed by atoms with Gasteiger partial charge in [-0.15, -0.1) is 0 Å². The quantitative estimate of drug-likeness (QED) is 0.874. The van der Waals surface area contributed by atoms with Crippen molar-refractivity contribution in [2.24, 2.45) is 0 Å². The molecule has 1 N–H and O–H groups in total. The first-order valence-electron chi connectivity index (χ1n) is 6.90. The number of anilines is 1. The van der Waals surface area contributed by atoms with Gasteiger partial charge in [0.05, 0.1) is 7.11 Å². The number of nitrogens with one attached hydrogen (secondary N) is 1. The number of fused-ring (bicyclic) bond motifs is 1. The highest BCUT2D eigenvalue weighted by atomic mass is 35.5. The van der Waals surface area contributed by atoms with E-state index in [4.69, 9.17) is 16.3 Å². The molecule has 1 aliphatic rings. The van der Waals surface area contributed by atoms with Crippen molar-refractivity contribution >= 4 is 23.1 Å². The summed E-state index contributed by atoms with van der Waals surface area (Å²) in [6, 6.07) is 11.2. The van der Waals surface area contributed by atoms with E-state index in [0.29, 0.717) is 10.8 Å². The molecule has 0 aromatic heterocycles. The molecule has 0 saturated heterocycles. The van der Waals surface area contributed by atoms with E-state index >= 15 is 0 Å². The number of hydrogen-bond donors (Lipinski definition) is 1. The van der Waals surface area contributed by atoms with Crippen LogP contribution in [0.4, 0.5) is 5.69 Å². The third kappa shape index (κ3) is 2.88. The fourth-order valence-corrected chi connectivity index (χ4v) is 2.83. The van der Waals surface area contributed by atoms with Gasteiger partial charge in [-0.2, -0.15) is 0 Å². The molecule has 0 saturated carbocycles. The van der Waals surface area contributed by atoms with E-state index in [9.17, 15) is 4.79 Å². The molecule has 1 aliphatic heterocycles. The Hall–Kier alpha value is -2.00. The van der Waals surface area contributed by atoms with E-state index in [2.05, 4.69) is 5.32 Å². The maximum Gasteiger partial charge on any atom is 0.167 e. The topological polar surface area (TPSA) is 38.3 Å². The van der Waals surface area contributed by atoms with Crippen LogP contribution in [0.3, 0.4) is 0 Å². The minimum atomic E-state index is 0.0743. The van der Waals surface area contributed by atoms with E-state index in [1.807, 2.05) is 18.2 Å². The van der Waals surface area contributed by atoms with Crippen molar-refractivity contribution in [3.05, 3.63) is 58.1 Å². The molecule has 1 heterocycles. The molecule has 2 aromatic rings. The predicted molar refractivity (Wildman–Crippen MR) is 84.7 cm³/mol. The number of Topliss-reactive ketones (excluding diaryl/α,β-unsaturated/α-hetero) is 1. The number of hydrogen-bond acceptors (Lipinski definition) is 3. The highest BCUT2D eigenvalue weighted by Crippen LogP contribution is 2.26. The average molecular weight is 302 g/mol. The molecule has 0 amide bonds. The second-order valence-electron chi connectivity index (χ2n) is 5.10. The van der Waals surface area contributed by atoms with E-state index in [0.717, 1.165) is 29.8 Å². The number of carbonyl (C=O) groups is 1. The Balaban J connectivity index is 1.85. The smallest absolute Gasteiger partial charge is 0.167 e. The lowest BCUT2D eigenvalue weighted by molar-refractivity contribution is 0.0992. The summed E-state index contributed by atoms with van der Waals surface area (Å²) in [6.07, 6.45) is 1.26. The Bertz CT molecular complexity index is 697. The van der Waals surface area contributed by atoms with Gasteiger partial charge in [-0.25, -0.2) is 0 Å². The highest BCUT2D eigenvalue weighted by Gasteiger charge is 2.15. The average Bonchev–Trinajstić information content (AvgIpc) is 2.94. The lowest BCUT2D eigenvalue weighted by Crippen LogP contribution is -2.05. The molecule has 0 atom stereocenters. The van der Waals surface area contributed by atoms with Crippen molar-refractivity contribution in [2.45, 2.75) is 12.8 Å². The number of ether oxygens (including phenoxy) is 1. The number of rotatable bonds is 4. The normalized spacial score (nSPS) is 12.7. The van der Waals surface area contributed by atoms with Crippen molar-refractivity contribution in [3.63, 3.8) is 0 Å². The number of halogens is 1. The fourth-order valence-electron chi connectivity index (χ4n) is 2.64. The second kappa shape index (κ2) is 5.78. The number of methoxy groups -OCH3 is 1. The van der Waals surface area contributed by atoms with Crippen molar-refractivity contribution in [1.82, 2.24) is 0 Å². The first kappa shape index (κ1) is 14.0. The zero-order valence-corrected chi connectivity index (χ0v) is 12.5. The van der Waals surface area contributed by atoms with Gasteiger partial charge in [0.2, 0.25) is 0 Å². The molecule has 4 heteroatoms. The Morgan fingerprint density at radius 1 is 1.29 bits per heavy atom. The van der Waals surface area contributed by atoms with Gasteiger partial charge in [-0.05, 0) is 48.4 Å². The summed E-state index contributed by atoms with van der Waals surface area (Å²) in [5.41, 5.74) is 3.89. The third-order valence-electron chi connectivity index (χ3n) is 3.73. The van der Waals surface area contributed by atoms with Crippen LogP contribution in [-0.4, -0.2) is 19.4 Å². The minimum Gasteiger partial charge on any atom is -0.496 e. The first-order valence-corrected chi connectivity index (χ1v) is 7.27. The van der Waals surface area contributed by atoms with Gasteiger partial charge in [0.15, 0.2) is 5.78 Å². The second-order valence-corrected chi connectivity index (χ2v) is 5.54. The van der Waals surface area contributed by atoms with Crippen LogP contribution in [0.1, 0.15) is 21.5 Å². The Morgan fingerprint density at radius 2 is 2.14 bits per heavy atom. The van der Waals surface area contributed by atoms with E-state index < -0.39 is 0 Å². The molecule has 0 fully saturated rings. The standard InChI is InChI=1S/C17H16ClNO2/c1-21-17-5-3-14(18)9-13(17)10-16(20)12-2-4-15-11(8-12)6-7-19-15/h2-5,8-9,19H,6-7,10H2,1H3. The van der Waals surface area contributed by atoms with Crippen LogP contribution in [0.15, 0.2) is 36.4 Å². The largest absolute Gasteiger partial charge is 0.496 e. The predicted octanol–water partition coefficient (Wildman–Crippen LogP) is 3.74. The molecule has 3 rings (SSSR count). The zero-order valence-electron chi connectivity index (χ0n) is 11.8. The maximum atomic E-state index is 12.5. The molecule has 108 valence electrons. The molecule has 0 unspecified atom stereocenters. The number of benzene rings is 2. The van der Waals surface area contributed by atoms with Gasteiger partial charge in [0, 0.05) is 34.8 Å². The molecule has 2 aromatic carbocycles. The van der Waals surface area contributed by atoms with Crippen molar-refractivity contribution < 1.29 is 9.53 Å². The SMILES string of the molecule is COc1ccc(Cl)cc1CC(=O)c1ccc2c(c1)CCN2. The minimum absolute atomic E-state index is 0.0743. The zero-order chi connectivity index (χ0) is 14.8. The summed E-state index contributed by atoms with van der Waals surface area (Å²) in [5.74, 6) is 0.765. The highest BCUT2D eigenvalue weighted by molar-refractivity contribution is 6.30. The molecule has 0 aliphatic carbocycles. The Kier molecular flexibility index (Phi) is 3.84. The first-order chi connectivity index (χ1) is 10.2. The maximum absolute atomic E-state index is 12.5. The van der Waals surface area contributed by atoms with Crippen LogP contribution in [-0.2, 0) is 12.8 Å². The van der Waals surface area contributed by atoms with E-state index in [1.54, 1.807) is 25.3 Å². The molecule has 0 spiro atoms. The molecule has 0 radical (unpaired) electrons. The van der Waals surface area contributed by atoms with E-state index in [1.165, 1.54) is 5.56 Å². The van der Waals surface area contributed by atoms with Crippen LogP contribution in [0.25, 0.3) is 0 Å². The van der Waals surface area contributed by atoms with Gasteiger partial charge in [-0.1, -0.05) is 11.6 Å². The summed E-state index contributed by atoms with van der Waals surface area (Å²) in [5, 5.41) is 3.90. The molecule has 3 nitrogen and oxygen atoms in total. The van der Waals surface area contributed by atoms with Crippen LogP contribution in [0, 0.1) is 0 Å². The summed E-state index contributed by atoms with van der Waals surface area (Å²) >= 11 is 6.00. The van der Waals surface area contributed by atoms with Crippen LogP contribution >= 0.6 is 11.6 Å². The van der Waals surface area contributed by atoms with Crippen molar-refractivity contribution in [2.75, 3.05) is 19.0 Å². The Labute approximate surface area is 128 Å². The Morgan fingerprint density at radius 3 is 2.95 bits per heavy atom. The van der Waals surface area contributed by atoms with Gasteiger partial charge >= 0.3 is 0 Å². The van der Waals surface area contributed by atoms with Crippen LogP contribution in [0.5, 0.6) is 5.75 Å². The summed E-state index contributed by atoms with van der Waals surface area (Å²) in [7, 11) is 1.60. The summed E-state index contributed by atoms with van der Waals surface area (Å²) < 4.78 is 5.29. The lowest BCUT2D eigenvalue weighted by atomic mass is 10.00. The molecule has 0 bridgehead atoms. The monoisotopic (exact) mass is 301 g/mol. The number of ketones is 1. The van der Waals surface area contributed by atoms with Crippen molar-refractivity contribution in [1.29, 1.82) is 0 Å². The summed E-state index contributed by atoms with van der Waals surface area (Å²) in [6.45, 7) is 0.940. The molecular formula is C17H16ClNO2. The molecule has 21 heavy (non-hydrogen) atoms. The van der Waals surface area contributed by atoms with Gasteiger partial charge in [0.1, 0.15) is 5.75 Å². The van der Waals surface area contributed by atoms with Gasteiger partial charge in [0.25, 0.3) is 0 Å². The van der Waals surface area contributed by atoms with Gasteiger partial charge in [-0.3, -0.25) is 4.79 Å². The van der Waals surface area contributed by atoms with E-state index in [-0.39, 0.29) is 12.2 Å².